The Hall–Kier alpha value is -0.850. The van der Waals surface area contributed by atoms with Crippen LogP contribution in [0.3, 0.4) is 0 Å². The van der Waals surface area contributed by atoms with Gasteiger partial charge in [-0.1, -0.05) is 0 Å². The van der Waals surface area contributed by atoms with E-state index >= 15 is 0 Å². The second-order valence-corrected chi connectivity index (χ2v) is 8.24. The quantitative estimate of drug-likeness (QED) is 0.811. The zero-order valence-electron chi connectivity index (χ0n) is 12.7. The molecule has 114 valence electrons. The molecule has 0 saturated carbocycles. The van der Waals surface area contributed by atoms with Gasteiger partial charge in [0.15, 0.2) is 0 Å². The predicted molar refractivity (Wildman–Crippen MR) is 79.8 cm³/mol. The lowest BCUT2D eigenvalue weighted by molar-refractivity contribution is 0.259. The highest BCUT2D eigenvalue weighted by atomic mass is 32.2. The number of hydrogen-bond donors (Lipinski definition) is 0. The summed E-state index contributed by atoms with van der Waals surface area (Å²) in [4.78, 5) is 4.41. The van der Waals surface area contributed by atoms with E-state index in [4.69, 9.17) is 4.42 Å². The second kappa shape index (κ2) is 5.87. The van der Waals surface area contributed by atoms with E-state index in [1.165, 1.54) is 6.26 Å². The minimum absolute atomic E-state index is 0.219. The molecule has 2 rings (SSSR count). The van der Waals surface area contributed by atoms with E-state index in [1.807, 2.05) is 19.1 Å². The van der Waals surface area contributed by atoms with Crippen molar-refractivity contribution >= 4 is 9.84 Å². The summed E-state index contributed by atoms with van der Waals surface area (Å²) in [7, 11) is 1.22. The normalized spacial score (nSPS) is 24.6. The van der Waals surface area contributed by atoms with Crippen LogP contribution in [-0.4, -0.2) is 70.0 Å². The van der Waals surface area contributed by atoms with Crippen LogP contribution in [-0.2, 0) is 9.84 Å². The molecule has 1 aromatic heterocycles. The summed E-state index contributed by atoms with van der Waals surface area (Å²) in [6.45, 7) is 4.28. The molecule has 2 atom stereocenters. The van der Waals surface area contributed by atoms with Crippen molar-refractivity contribution in [3.8, 4) is 0 Å². The van der Waals surface area contributed by atoms with E-state index in [0.29, 0.717) is 18.5 Å². The van der Waals surface area contributed by atoms with Crippen LogP contribution in [0.25, 0.3) is 0 Å². The highest BCUT2D eigenvalue weighted by Crippen LogP contribution is 2.31. The van der Waals surface area contributed by atoms with Gasteiger partial charge in [0.25, 0.3) is 0 Å². The summed E-state index contributed by atoms with van der Waals surface area (Å²) >= 11 is 0. The molecule has 0 aliphatic carbocycles. The molecule has 2 heterocycles. The van der Waals surface area contributed by atoms with Crippen molar-refractivity contribution in [1.82, 2.24) is 9.80 Å². The van der Waals surface area contributed by atoms with Gasteiger partial charge in [-0.2, -0.15) is 0 Å². The Morgan fingerprint density at radius 2 is 2.05 bits per heavy atom. The van der Waals surface area contributed by atoms with Crippen LogP contribution in [0, 0.1) is 6.92 Å². The van der Waals surface area contributed by atoms with E-state index in [0.717, 1.165) is 24.6 Å². The standard InChI is InChI=1S/C14H24N2O3S/c1-11-5-6-14(19-11)12-9-16(7-8-20(4,17)18)10-13(12)15(2)3/h5-6,12-13H,7-10H2,1-4H3/t12-,13-/m1/s1. The minimum Gasteiger partial charge on any atom is -0.466 e. The minimum atomic E-state index is -2.91. The molecule has 0 bridgehead atoms. The van der Waals surface area contributed by atoms with Gasteiger partial charge in [-0.05, 0) is 33.2 Å². The van der Waals surface area contributed by atoms with Gasteiger partial charge in [-0.3, -0.25) is 4.90 Å². The molecular weight excluding hydrogens is 276 g/mol. The number of furan rings is 1. The maximum absolute atomic E-state index is 11.3. The molecule has 1 aliphatic heterocycles. The zero-order chi connectivity index (χ0) is 14.9. The van der Waals surface area contributed by atoms with Gasteiger partial charge in [0.1, 0.15) is 21.4 Å². The van der Waals surface area contributed by atoms with E-state index in [9.17, 15) is 8.42 Å². The third-order valence-electron chi connectivity index (χ3n) is 3.93. The maximum Gasteiger partial charge on any atom is 0.148 e. The lowest BCUT2D eigenvalue weighted by Gasteiger charge is -2.23. The first-order valence-electron chi connectivity index (χ1n) is 6.89. The Morgan fingerprint density at radius 3 is 2.55 bits per heavy atom. The van der Waals surface area contributed by atoms with Crippen LogP contribution in [0.4, 0.5) is 0 Å². The first kappa shape index (κ1) is 15.5. The van der Waals surface area contributed by atoms with Crippen LogP contribution in [0.5, 0.6) is 0 Å². The Labute approximate surface area is 121 Å². The number of sulfone groups is 1. The van der Waals surface area contributed by atoms with Crippen LogP contribution in [0.1, 0.15) is 17.4 Å². The van der Waals surface area contributed by atoms with Crippen molar-refractivity contribution in [2.45, 2.75) is 18.9 Å². The van der Waals surface area contributed by atoms with Gasteiger partial charge >= 0.3 is 0 Å². The third-order valence-corrected chi connectivity index (χ3v) is 4.86. The van der Waals surface area contributed by atoms with Gasteiger partial charge in [-0.25, -0.2) is 8.42 Å². The molecule has 20 heavy (non-hydrogen) atoms. The second-order valence-electron chi connectivity index (χ2n) is 5.98. The average molecular weight is 300 g/mol. The van der Waals surface area contributed by atoms with Crippen molar-refractivity contribution in [2.75, 3.05) is 45.7 Å². The monoisotopic (exact) mass is 300 g/mol. The molecule has 0 unspecified atom stereocenters. The SMILES string of the molecule is Cc1ccc([C@@H]2CN(CCS(C)(=O)=O)C[C@H]2N(C)C)o1. The highest BCUT2D eigenvalue weighted by molar-refractivity contribution is 7.90. The summed E-state index contributed by atoms with van der Waals surface area (Å²) in [5.41, 5.74) is 0. The Balaban J connectivity index is 2.07. The van der Waals surface area contributed by atoms with E-state index in [2.05, 4.69) is 23.9 Å². The van der Waals surface area contributed by atoms with Gasteiger partial charge in [0, 0.05) is 37.8 Å². The largest absolute Gasteiger partial charge is 0.466 e. The van der Waals surface area contributed by atoms with Crippen LogP contribution < -0.4 is 0 Å². The summed E-state index contributed by atoms with van der Waals surface area (Å²) in [6.07, 6.45) is 1.29. The number of aryl methyl sites for hydroxylation is 1. The third kappa shape index (κ3) is 3.84. The van der Waals surface area contributed by atoms with Gasteiger partial charge < -0.3 is 9.32 Å². The Kier molecular flexibility index (Phi) is 4.56. The van der Waals surface area contributed by atoms with Crippen LogP contribution in [0.2, 0.25) is 0 Å². The maximum atomic E-state index is 11.3. The Bertz CT molecular complexity index is 551. The molecule has 0 spiro atoms. The fourth-order valence-corrected chi connectivity index (χ4v) is 3.39. The predicted octanol–water partition coefficient (Wildman–Crippen LogP) is 0.962. The number of likely N-dealkylation sites (N-methyl/N-ethyl adjacent to an activating group) is 1. The highest BCUT2D eigenvalue weighted by Gasteiger charge is 2.36. The molecule has 0 radical (unpaired) electrons. The zero-order valence-corrected chi connectivity index (χ0v) is 13.5. The molecule has 0 N–H and O–H groups in total. The lowest BCUT2D eigenvalue weighted by atomic mass is 10.0. The van der Waals surface area contributed by atoms with E-state index in [-0.39, 0.29) is 5.75 Å². The van der Waals surface area contributed by atoms with Crippen molar-refractivity contribution in [3.63, 3.8) is 0 Å². The summed E-state index contributed by atoms with van der Waals surface area (Å²) < 4.78 is 28.4. The van der Waals surface area contributed by atoms with Crippen molar-refractivity contribution in [3.05, 3.63) is 23.7 Å². The van der Waals surface area contributed by atoms with Crippen LogP contribution in [0.15, 0.2) is 16.5 Å². The number of hydrogen-bond acceptors (Lipinski definition) is 5. The molecule has 6 heteroatoms. The smallest absolute Gasteiger partial charge is 0.148 e. The van der Waals surface area contributed by atoms with Crippen molar-refractivity contribution < 1.29 is 12.8 Å². The molecule has 0 amide bonds. The lowest BCUT2D eigenvalue weighted by Crippen LogP contribution is -2.35. The van der Waals surface area contributed by atoms with Gasteiger partial charge in [-0.15, -0.1) is 0 Å². The van der Waals surface area contributed by atoms with Gasteiger partial charge in [0.2, 0.25) is 0 Å². The number of nitrogens with zero attached hydrogens (tertiary/aromatic N) is 2. The fourth-order valence-electron chi connectivity index (χ4n) is 2.80. The van der Waals surface area contributed by atoms with Crippen LogP contribution >= 0.6 is 0 Å². The van der Waals surface area contributed by atoms with E-state index < -0.39 is 9.84 Å². The summed E-state index contributed by atoms with van der Waals surface area (Å²) in [5, 5.41) is 0. The first-order chi connectivity index (χ1) is 9.26. The Morgan fingerprint density at radius 1 is 1.35 bits per heavy atom. The van der Waals surface area contributed by atoms with Crippen molar-refractivity contribution in [2.24, 2.45) is 0 Å². The average Bonchev–Trinajstić information content (AvgIpc) is 2.91. The van der Waals surface area contributed by atoms with Gasteiger partial charge in [0.05, 0.1) is 5.75 Å². The molecular formula is C14H24N2O3S. The van der Waals surface area contributed by atoms with E-state index in [1.54, 1.807) is 0 Å². The first-order valence-corrected chi connectivity index (χ1v) is 8.95. The number of rotatable bonds is 5. The molecule has 1 aliphatic rings. The topological polar surface area (TPSA) is 53.8 Å². The molecule has 1 aromatic rings. The molecule has 5 nitrogen and oxygen atoms in total. The molecule has 0 aromatic carbocycles. The summed E-state index contributed by atoms with van der Waals surface area (Å²) in [5.74, 6) is 2.45. The van der Waals surface area contributed by atoms with Crippen molar-refractivity contribution in [1.29, 1.82) is 0 Å². The molecule has 1 saturated heterocycles. The molecule has 1 fully saturated rings. The summed E-state index contributed by atoms with van der Waals surface area (Å²) in [6, 6.07) is 4.39. The number of likely N-dealkylation sites (tertiary alicyclic amines) is 1. The fraction of sp³-hybridized carbons (Fsp3) is 0.714.